The van der Waals surface area contributed by atoms with Gasteiger partial charge in [-0.05, 0) is 216 Å². The summed E-state index contributed by atoms with van der Waals surface area (Å²) in [5, 5.41) is 12.5. The average Bonchev–Trinajstić information content (AvgIpc) is 1.60. The van der Waals surface area contributed by atoms with Crippen molar-refractivity contribution in [1.82, 2.24) is 18.3 Å². The standard InChI is InChI=1S/C52H35N3.C48H33N3/c1-3-16-39(17-4-1)53(40-18-5-2-6-19-40)41-28-30-42(31-29-41)54-49-23-11-9-21-44(49)46-34-37(26-32-51(46)54)38-27-33-52-47(35-38)45-22-10-12-24-50(45)55(52)48-25-13-15-36-14-7-8-20-43(36)48;1-4-14-36(15-5-1)49(37-16-6-2-7-17-37)39-26-28-40(29-27-39)51-46-23-13-11-21-42(46)44-33-35(25-31-48(44)51)34-24-30-47-43(32-34)41-20-10-12-22-45(41)50(47)38-18-8-3-9-19-38/h1-35H;1-33H. The molecule has 0 saturated heterocycles. The monoisotopic (exact) mass is 1350 g/mol. The molecule has 6 nitrogen and oxygen atoms in total. The number of hydrogen-bond acceptors (Lipinski definition) is 2. The number of nitrogens with zero attached hydrogens (tertiary/aromatic N) is 6. The summed E-state index contributed by atoms with van der Waals surface area (Å²) < 4.78 is 9.59. The van der Waals surface area contributed by atoms with Crippen LogP contribution in [0.5, 0.6) is 0 Å². The smallest absolute Gasteiger partial charge is 0.0541 e. The fraction of sp³-hybridized carbons (Fsp3) is 0. The van der Waals surface area contributed by atoms with E-state index in [0.29, 0.717) is 0 Å². The number of anilines is 6. The second-order valence-corrected chi connectivity index (χ2v) is 27.2. The van der Waals surface area contributed by atoms with Gasteiger partial charge in [0.1, 0.15) is 0 Å². The fourth-order valence-electron chi connectivity index (χ4n) is 16.4. The Hall–Kier alpha value is -14.2. The van der Waals surface area contributed by atoms with E-state index in [1.165, 1.54) is 132 Å². The minimum atomic E-state index is 1.11. The van der Waals surface area contributed by atoms with Gasteiger partial charge in [0.25, 0.3) is 0 Å². The van der Waals surface area contributed by atoms with Crippen molar-refractivity contribution in [3.8, 4) is 45.0 Å². The third-order valence-corrected chi connectivity index (χ3v) is 21.2. The van der Waals surface area contributed by atoms with Gasteiger partial charge in [-0.25, -0.2) is 0 Å². The van der Waals surface area contributed by atoms with E-state index in [4.69, 9.17) is 0 Å². The quantitative estimate of drug-likeness (QED) is 0.122. The molecule has 0 saturated carbocycles. The molecule has 6 heteroatoms. The summed E-state index contributed by atoms with van der Waals surface area (Å²) >= 11 is 0. The van der Waals surface area contributed by atoms with Crippen molar-refractivity contribution in [3.05, 3.63) is 413 Å². The number of hydrogen-bond donors (Lipinski definition) is 0. The van der Waals surface area contributed by atoms with Crippen LogP contribution in [-0.4, -0.2) is 18.3 Å². The Morgan fingerprint density at radius 1 is 0.151 bits per heavy atom. The van der Waals surface area contributed by atoms with Gasteiger partial charge in [-0.15, -0.1) is 0 Å². The maximum atomic E-state index is 2.43. The van der Waals surface area contributed by atoms with Crippen LogP contribution in [-0.2, 0) is 0 Å². The molecule has 0 aliphatic rings. The van der Waals surface area contributed by atoms with Crippen molar-refractivity contribution in [2.45, 2.75) is 0 Å². The van der Waals surface area contributed by atoms with Gasteiger partial charge in [-0.3, -0.25) is 0 Å². The molecule has 0 N–H and O–H groups in total. The molecule has 0 aliphatic heterocycles. The van der Waals surface area contributed by atoms with Gasteiger partial charge in [-0.1, -0.05) is 224 Å². The van der Waals surface area contributed by atoms with E-state index in [1.807, 2.05) is 0 Å². The van der Waals surface area contributed by atoms with Crippen LogP contribution in [0.2, 0.25) is 0 Å². The van der Waals surface area contributed by atoms with Crippen LogP contribution in [0.15, 0.2) is 413 Å². The predicted octanol–water partition coefficient (Wildman–Crippen LogP) is 27.2. The van der Waals surface area contributed by atoms with Gasteiger partial charge in [0.05, 0.1) is 49.8 Å². The summed E-state index contributed by atoms with van der Waals surface area (Å²) in [6.45, 7) is 0. The first kappa shape index (κ1) is 61.7. The third-order valence-electron chi connectivity index (χ3n) is 21.2. The first-order valence-corrected chi connectivity index (χ1v) is 36.3. The molecule has 0 amide bonds. The predicted molar refractivity (Wildman–Crippen MR) is 448 cm³/mol. The van der Waals surface area contributed by atoms with Crippen LogP contribution in [0.4, 0.5) is 34.1 Å². The molecule has 21 aromatic rings. The maximum Gasteiger partial charge on any atom is 0.0541 e. The third kappa shape index (κ3) is 10.6. The Morgan fingerprint density at radius 2 is 0.396 bits per heavy atom. The lowest BCUT2D eigenvalue weighted by molar-refractivity contribution is 1.17. The van der Waals surface area contributed by atoms with Gasteiger partial charge >= 0.3 is 0 Å². The summed E-state index contributed by atoms with van der Waals surface area (Å²) in [6, 6.07) is 149. The first-order chi connectivity index (χ1) is 52.6. The van der Waals surface area contributed by atoms with Gasteiger partial charge in [0.2, 0.25) is 0 Å². The summed E-state index contributed by atoms with van der Waals surface area (Å²) in [6.07, 6.45) is 0. The number of fused-ring (bicyclic) bond motifs is 13. The number of aromatic nitrogens is 4. The molecule has 0 fully saturated rings. The van der Waals surface area contributed by atoms with Crippen LogP contribution in [0, 0.1) is 0 Å². The highest BCUT2D eigenvalue weighted by molar-refractivity contribution is 6.15. The van der Waals surface area contributed by atoms with E-state index in [1.54, 1.807) is 0 Å². The van der Waals surface area contributed by atoms with E-state index < -0.39 is 0 Å². The van der Waals surface area contributed by atoms with Crippen LogP contribution in [0.3, 0.4) is 0 Å². The number of rotatable bonds is 12. The largest absolute Gasteiger partial charge is 0.311 e. The molecular formula is C100H68N6. The second kappa shape index (κ2) is 26.0. The Balaban J connectivity index is 0.000000141. The SMILES string of the molecule is c1ccc(N(c2ccccc2)c2ccc(-n3c4ccccc4c4cc(-c5ccc6c(c5)c5ccccc5n6-c5cccc6ccccc56)ccc43)cc2)cc1.c1ccc(N(c2ccccc2)c2ccc(-n3c4ccccc4c4cc(-c5ccc6c(c5)c5ccccc5n6-c5ccccc5)ccc43)cc2)cc1. The normalized spacial score (nSPS) is 11.6. The second-order valence-electron chi connectivity index (χ2n) is 27.2. The first-order valence-electron chi connectivity index (χ1n) is 36.3. The molecule has 0 radical (unpaired) electrons. The number of benzene rings is 17. The Bertz CT molecular complexity index is 6770. The summed E-state index contributed by atoms with van der Waals surface area (Å²) in [5.74, 6) is 0. The average molecular weight is 1350 g/mol. The number of para-hydroxylation sites is 9. The zero-order valence-electron chi connectivity index (χ0n) is 57.9. The Kier molecular flexibility index (Phi) is 15.1. The molecule has 4 heterocycles. The topological polar surface area (TPSA) is 26.2 Å². The molecule has 17 aromatic carbocycles. The Morgan fingerprint density at radius 3 is 0.745 bits per heavy atom. The van der Waals surface area contributed by atoms with Gasteiger partial charge in [0, 0.05) is 99.7 Å². The van der Waals surface area contributed by atoms with E-state index in [9.17, 15) is 0 Å². The zero-order chi connectivity index (χ0) is 70.0. The van der Waals surface area contributed by atoms with Crippen molar-refractivity contribution in [3.63, 3.8) is 0 Å². The highest BCUT2D eigenvalue weighted by atomic mass is 15.1. The summed E-state index contributed by atoms with van der Waals surface area (Å²) in [5.41, 5.74) is 25.8. The van der Waals surface area contributed by atoms with E-state index >= 15 is 0 Å². The van der Waals surface area contributed by atoms with Crippen LogP contribution in [0.25, 0.3) is 143 Å². The van der Waals surface area contributed by atoms with Crippen molar-refractivity contribution in [1.29, 1.82) is 0 Å². The maximum absolute atomic E-state index is 2.43. The molecule has 498 valence electrons. The van der Waals surface area contributed by atoms with E-state index in [0.717, 1.165) is 45.5 Å². The minimum Gasteiger partial charge on any atom is -0.311 e. The van der Waals surface area contributed by atoms with E-state index in [-0.39, 0.29) is 0 Å². The molecule has 21 rings (SSSR count). The lowest BCUT2D eigenvalue weighted by atomic mass is 10.0. The van der Waals surface area contributed by atoms with Gasteiger partial charge in [0.15, 0.2) is 0 Å². The summed E-state index contributed by atoms with van der Waals surface area (Å²) in [4.78, 5) is 4.61. The van der Waals surface area contributed by atoms with Crippen LogP contribution < -0.4 is 9.80 Å². The molecule has 0 unspecified atom stereocenters. The van der Waals surface area contributed by atoms with Gasteiger partial charge in [-0.2, -0.15) is 0 Å². The van der Waals surface area contributed by atoms with Crippen molar-refractivity contribution >= 4 is 132 Å². The lowest BCUT2D eigenvalue weighted by Crippen LogP contribution is -2.09. The Labute approximate surface area is 613 Å². The van der Waals surface area contributed by atoms with E-state index in [2.05, 4.69) is 441 Å². The highest BCUT2D eigenvalue weighted by Crippen LogP contribution is 2.44. The molecular weight excluding hydrogens is 1290 g/mol. The van der Waals surface area contributed by atoms with Gasteiger partial charge < -0.3 is 28.1 Å². The molecule has 0 aliphatic carbocycles. The zero-order valence-corrected chi connectivity index (χ0v) is 57.9. The summed E-state index contributed by atoms with van der Waals surface area (Å²) in [7, 11) is 0. The molecule has 0 bridgehead atoms. The highest BCUT2D eigenvalue weighted by Gasteiger charge is 2.22. The molecule has 4 aromatic heterocycles. The minimum absolute atomic E-state index is 1.11. The molecule has 0 spiro atoms. The van der Waals surface area contributed by atoms with Crippen molar-refractivity contribution in [2.75, 3.05) is 9.80 Å². The van der Waals surface area contributed by atoms with Crippen molar-refractivity contribution < 1.29 is 0 Å². The molecule has 0 atom stereocenters. The van der Waals surface area contributed by atoms with Crippen molar-refractivity contribution in [2.24, 2.45) is 0 Å². The fourth-order valence-corrected chi connectivity index (χ4v) is 16.4. The molecule has 106 heavy (non-hydrogen) atoms. The van der Waals surface area contributed by atoms with Crippen LogP contribution in [0.1, 0.15) is 0 Å². The van der Waals surface area contributed by atoms with Crippen LogP contribution >= 0.6 is 0 Å². The lowest BCUT2D eigenvalue weighted by Gasteiger charge is -2.25.